The minimum Gasteiger partial charge on any atom is -0.275 e. The molecule has 1 heterocycles. The van der Waals surface area contributed by atoms with Crippen LogP contribution in [0.1, 0.15) is 5.56 Å². The van der Waals surface area contributed by atoms with Gasteiger partial charge in [0.15, 0.2) is 0 Å². The summed E-state index contributed by atoms with van der Waals surface area (Å²) in [6.45, 7) is 0.273. The van der Waals surface area contributed by atoms with Crippen LogP contribution in [0.3, 0.4) is 0 Å². The SMILES string of the molecule is CN(Cc1cnn(C)c1)S(=O)(=O)c1cc(Br)ccc1Br. The molecule has 0 N–H and O–H groups in total. The summed E-state index contributed by atoms with van der Waals surface area (Å²) in [4.78, 5) is 0.235. The van der Waals surface area contributed by atoms with Gasteiger partial charge in [-0.1, -0.05) is 15.9 Å². The monoisotopic (exact) mass is 421 g/mol. The van der Waals surface area contributed by atoms with E-state index in [4.69, 9.17) is 0 Å². The lowest BCUT2D eigenvalue weighted by Gasteiger charge is -2.17. The fourth-order valence-electron chi connectivity index (χ4n) is 1.74. The zero-order valence-corrected chi connectivity index (χ0v) is 14.9. The molecule has 5 nitrogen and oxygen atoms in total. The van der Waals surface area contributed by atoms with E-state index in [2.05, 4.69) is 37.0 Å². The van der Waals surface area contributed by atoms with E-state index >= 15 is 0 Å². The second-order valence-electron chi connectivity index (χ2n) is 4.36. The Bertz CT molecular complexity index is 728. The van der Waals surface area contributed by atoms with Crippen molar-refractivity contribution >= 4 is 41.9 Å². The fraction of sp³-hybridized carbons (Fsp3) is 0.250. The molecule has 108 valence electrons. The smallest absolute Gasteiger partial charge is 0.244 e. The Balaban J connectivity index is 2.32. The number of nitrogens with zero attached hydrogens (tertiary/aromatic N) is 3. The first kappa shape index (κ1) is 15.7. The van der Waals surface area contributed by atoms with E-state index in [1.165, 1.54) is 4.31 Å². The van der Waals surface area contributed by atoms with Crippen LogP contribution in [0.4, 0.5) is 0 Å². The number of benzene rings is 1. The standard InChI is InChI=1S/C12H13Br2N3O2S/c1-16-7-9(6-15-16)8-17(2)20(18,19)12-5-10(13)3-4-11(12)14/h3-7H,8H2,1-2H3. The van der Waals surface area contributed by atoms with Gasteiger partial charge < -0.3 is 0 Å². The maximum Gasteiger partial charge on any atom is 0.244 e. The van der Waals surface area contributed by atoms with Gasteiger partial charge in [-0.3, -0.25) is 4.68 Å². The number of hydrogen-bond donors (Lipinski definition) is 0. The van der Waals surface area contributed by atoms with Crippen LogP contribution >= 0.6 is 31.9 Å². The van der Waals surface area contributed by atoms with Gasteiger partial charge in [0.2, 0.25) is 10.0 Å². The maximum atomic E-state index is 12.6. The van der Waals surface area contributed by atoms with Crippen molar-refractivity contribution in [2.45, 2.75) is 11.4 Å². The number of aromatic nitrogens is 2. The molecule has 1 aromatic carbocycles. The summed E-state index contributed by atoms with van der Waals surface area (Å²) in [6, 6.07) is 5.07. The van der Waals surface area contributed by atoms with E-state index in [1.807, 2.05) is 0 Å². The van der Waals surface area contributed by atoms with Crippen LogP contribution < -0.4 is 0 Å². The molecule has 0 fully saturated rings. The van der Waals surface area contributed by atoms with Gasteiger partial charge in [0, 0.05) is 41.3 Å². The van der Waals surface area contributed by atoms with E-state index in [0.717, 1.165) is 5.56 Å². The van der Waals surface area contributed by atoms with Crippen LogP contribution in [0.5, 0.6) is 0 Å². The minimum atomic E-state index is -3.56. The van der Waals surface area contributed by atoms with Gasteiger partial charge in [0.25, 0.3) is 0 Å². The van der Waals surface area contributed by atoms with E-state index < -0.39 is 10.0 Å². The second-order valence-corrected chi connectivity index (χ2v) is 8.14. The molecule has 0 radical (unpaired) electrons. The largest absolute Gasteiger partial charge is 0.275 e. The molecule has 8 heteroatoms. The molecule has 0 amide bonds. The molecule has 0 saturated heterocycles. The maximum absolute atomic E-state index is 12.6. The molecule has 0 aliphatic heterocycles. The van der Waals surface area contributed by atoms with Gasteiger partial charge in [-0.05, 0) is 34.1 Å². The zero-order valence-electron chi connectivity index (χ0n) is 10.9. The van der Waals surface area contributed by atoms with Crippen LogP contribution in [-0.4, -0.2) is 29.6 Å². The Morgan fingerprint density at radius 1 is 1.35 bits per heavy atom. The first-order valence-corrected chi connectivity index (χ1v) is 8.72. The highest BCUT2D eigenvalue weighted by Gasteiger charge is 2.24. The normalized spacial score (nSPS) is 12.1. The number of rotatable bonds is 4. The van der Waals surface area contributed by atoms with Crippen LogP contribution in [-0.2, 0) is 23.6 Å². The highest BCUT2D eigenvalue weighted by molar-refractivity contribution is 9.11. The lowest BCUT2D eigenvalue weighted by Crippen LogP contribution is -2.26. The molecule has 0 atom stereocenters. The molecular weight excluding hydrogens is 410 g/mol. The predicted molar refractivity (Wildman–Crippen MR) is 83.7 cm³/mol. The van der Waals surface area contributed by atoms with Crippen molar-refractivity contribution in [3.63, 3.8) is 0 Å². The van der Waals surface area contributed by atoms with E-state index in [0.29, 0.717) is 8.95 Å². The Kier molecular flexibility index (Phi) is 4.68. The fourth-order valence-corrected chi connectivity index (χ4v) is 4.36. The quantitative estimate of drug-likeness (QED) is 0.761. The van der Waals surface area contributed by atoms with Crippen molar-refractivity contribution in [2.24, 2.45) is 7.05 Å². The second kappa shape index (κ2) is 5.97. The lowest BCUT2D eigenvalue weighted by atomic mass is 10.4. The Labute approximate surface area is 134 Å². The Morgan fingerprint density at radius 3 is 2.65 bits per heavy atom. The Hall–Kier alpha value is -0.700. The summed E-state index contributed by atoms with van der Waals surface area (Å²) >= 11 is 6.57. The minimum absolute atomic E-state index is 0.235. The van der Waals surface area contributed by atoms with E-state index in [9.17, 15) is 8.42 Å². The summed E-state index contributed by atoms with van der Waals surface area (Å²) in [5, 5.41) is 4.03. The van der Waals surface area contributed by atoms with Crippen LogP contribution in [0, 0.1) is 0 Å². The lowest BCUT2D eigenvalue weighted by molar-refractivity contribution is 0.466. The van der Waals surface area contributed by atoms with Gasteiger partial charge in [-0.2, -0.15) is 9.40 Å². The average molecular weight is 423 g/mol. The Morgan fingerprint density at radius 2 is 2.05 bits per heavy atom. The highest BCUT2D eigenvalue weighted by Crippen LogP contribution is 2.28. The van der Waals surface area contributed by atoms with Gasteiger partial charge in [-0.15, -0.1) is 0 Å². The third kappa shape index (κ3) is 3.30. The molecule has 0 saturated carbocycles. The number of hydrogen-bond acceptors (Lipinski definition) is 3. The molecule has 0 spiro atoms. The predicted octanol–water partition coefficient (Wildman–Crippen LogP) is 2.77. The number of aryl methyl sites for hydroxylation is 1. The molecule has 1 aromatic heterocycles. The van der Waals surface area contributed by atoms with Gasteiger partial charge >= 0.3 is 0 Å². The molecule has 2 rings (SSSR count). The molecule has 2 aromatic rings. The highest BCUT2D eigenvalue weighted by atomic mass is 79.9. The molecule has 20 heavy (non-hydrogen) atoms. The number of sulfonamides is 1. The summed E-state index contributed by atoms with van der Waals surface area (Å²) < 4.78 is 29.3. The van der Waals surface area contributed by atoms with Crippen molar-refractivity contribution in [3.8, 4) is 0 Å². The zero-order chi connectivity index (χ0) is 14.9. The average Bonchev–Trinajstić information content (AvgIpc) is 2.77. The van der Waals surface area contributed by atoms with Gasteiger partial charge in [-0.25, -0.2) is 8.42 Å². The molecule has 0 bridgehead atoms. The third-order valence-corrected chi connectivity index (χ3v) is 6.04. The van der Waals surface area contributed by atoms with Crippen molar-refractivity contribution in [2.75, 3.05) is 7.05 Å². The number of halogens is 2. The van der Waals surface area contributed by atoms with E-state index in [-0.39, 0.29) is 11.4 Å². The molecule has 0 aliphatic rings. The molecular formula is C12H13Br2N3O2S. The van der Waals surface area contributed by atoms with E-state index in [1.54, 1.807) is 49.4 Å². The van der Waals surface area contributed by atoms with Crippen LogP contribution in [0.25, 0.3) is 0 Å². The first-order chi connectivity index (χ1) is 9.30. The van der Waals surface area contributed by atoms with Crippen molar-refractivity contribution in [1.82, 2.24) is 14.1 Å². The summed E-state index contributed by atoms with van der Waals surface area (Å²) in [5.41, 5.74) is 0.838. The topological polar surface area (TPSA) is 55.2 Å². The molecule has 0 aliphatic carbocycles. The van der Waals surface area contributed by atoms with Crippen LogP contribution in [0.2, 0.25) is 0 Å². The van der Waals surface area contributed by atoms with Crippen molar-refractivity contribution in [3.05, 3.63) is 45.1 Å². The van der Waals surface area contributed by atoms with Crippen molar-refractivity contribution in [1.29, 1.82) is 0 Å². The third-order valence-electron chi connectivity index (χ3n) is 2.75. The summed E-state index contributed by atoms with van der Waals surface area (Å²) in [5.74, 6) is 0. The molecule has 0 unspecified atom stereocenters. The first-order valence-electron chi connectivity index (χ1n) is 5.69. The van der Waals surface area contributed by atoms with Crippen molar-refractivity contribution < 1.29 is 8.42 Å². The van der Waals surface area contributed by atoms with Gasteiger partial charge in [0.05, 0.1) is 11.1 Å². The van der Waals surface area contributed by atoms with Crippen LogP contribution in [0.15, 0.2) is 44.4 Å². The summed E-state index contributed by atoms with van der Waals surface area (Å²) in [7, 11) is -0.216. The summed E-state index contributed by atoms with van der Waals surface area (Å²) in [6.07, 6.45) is 3.45. The van der Waals surface area contributed by atoms with Gasteiger partial charge in [0.1, 0.15) is 0 Å².